The lowest BCUT2D eigenvalue weighted by Crippen LogP contribution is -2.37. The summed E-state index contributed by atoms with van der Waals surface area (Å²) in [7, 11) is 0. The zero-order valence-corrected chi connectivity index (χ0v) is 11.9. The molecule has 0 radical (unpaired) electrons. The molecule has 1 atom stereocenters. The van der Waals surface area contributed by atoms with Crippen molar-refractivity contribution in [3.8, 4) is 0 Å². The van der Waals surface area contributed by atoms with E-state index in [1.165, 1.54) is 4.88 Å². The molecule has 0 fully saturated rings. The van der Waals surface area contributed by atoms with Crippen LogP contribution in [-0.2, 0) is 5.41 Å². The van der Waals surface area contributed by atoms with Crippen molar-refractivity contribution in [2.24, 2.45) is 0 Å². The first-order chi connectivity index (χ1) is 7.45. The summed E-state index contributed by atoms with van der Waals surface area (Å²) in [5.41, 5.74) is 0.0336. The molecule has 5 heteroatoms. The monoisotopic (exact) mass is 307 g/mol. The Bertz CT molecular complexity index is 328. The van der Waals surface area contributed by atoms with Gasteiger partial charge in [0, 0.05) is 33.2 Å². The second kappa shape index (κ2) is 6.12. The van der Waals surface area contributed by atoms with Crippen LogP contribution in [0.25, 0.3) is 0 Å². The lowest BCUT2D eigenvalue weighted by atomic mass is 9.91. The molecule has 1 aromatic heterocycles. The minimum atomic E-state index is -0.675. The van der Waals surface area contributed by atoms with Crippen LogP contribution in [0.15, 0.2) is 15.9 Å². The number of halogens is 1. The van der Waals surface area contributed by atoms with Crippen LogP contribution in [0.5, 0.6) is 0 Å². The van der Waals surface area contributed by atoms with Gasteiger partial charge in [-0.15, -0.1) is 11.3 Å². The van der Waals surface area contributed by atoms with Crippen molar-refractivity contribution >= 4 is 27.3 Å². The van der Waals surface area contributed by atoms with Crippen LogP contribution in [0, 0.1) is 0 Å². The molecular formula is C11H18BrNO2S. The molecule has 1 rings (SSSR count). The summed E-state index contributed by atoms with van der Waals surface area (Å²) in [5.74, 6) is 0. The molecule has 0 bridgehead atoms. The molecule has 3 N–H and O–H groups in total. The van der Waals surface area contributed by atoms with Crippen molar-refractivity contribution in [1.29, 1.82) is 0 Å². The zero-order valence-electron chi connectivity index (χ0n) is 9.53. The summed E-state index contributed by atoms with van der Waals surface area (Å²) in [4.78, 5) is 1.30. The summed E-state index contributed by atoms with van der Waals surface area (Å²) in [6.45, 7) is 5.31. The Morgan fingerprint density at radius 3 is 2.75 bits per heavy atom. The van der Waals surface area contributed by atoms with Gasteiger partial charge in [-0.1, -0.05) is 13.8 Å². The molecular weight excluding hydrogens is 290 g/mol. The molecule has 1 unspecified atom stereocenters. The third kappa shape index (κ3) is 4.14. The fraction of sp³-hybridized carbons (Fsp3) is 0.636. The van der Waals surface area contributed by atoms with Crippen molar-refractivity contribution in [2.45, 2.75) is 25.4 Å². The van der Waals surface area contributed by atoms with Crippen LogP contribution < -0.4 is 5.32 Å². The van der Waals surface area contributed by atoms with Crippen molar-refractivity contribution in [3.63, 3.8) is 0 Å². The van der Waals surface area contributed by atoms with Crippen LogP contribution in [0.1, 0.15) is 18.7 Å². The lowest BCUT2D eigenvalue weighted by molar-refractivity contribution is 0.0935. The Balaban J connectivity index is 2.46. The predicted molar refractivity (Wildman–Crippen MR) is 71.0 cm³/mol. The van der Waals surface area contributed by atoms with Gasteiger partial charge in [-0.25, -0.2) is 0 Å². The first-order valence-corrected chi connectivity index (χ1v) is 6.87. The van der Waals surface area contributed by atoms with Gasteiger partial charge < -0.3 is 15.5 Å². The first kappa shape index (κ1) is 14.1. The number of aliphatic hydroxyl groups excluding tert-OH is 2. The molecule has 0 saturated carbocycles. The molecule has 92 valence electrons. The van der Waals surface area contributed by atoms with E-state index in [9.17, 15) is 5.11 Å². The van der Waals surface area contributed by atoms with E-state index in [0.29, 0.717) is 6.54 Å². The molecule has 1 heterocycles. The normalized spacial score (nSPS) is 14.1. The summed E-state index contributed by atoms with van der Waals surface area (Å²) in [6, 6.07) is 2.12. The maximum absolute atomic E-state index is 9.21. The third-order valence-electron chi connectivity index (χ3n) is 2.39. The van der Waals surface area contributed by atoms with Crippen LogP contribution in [-0.4, -0.2) is 36.0 Å². The van der Waals surface area contributed by atoms with Crippen molar-refractivity contribution < 1.29 is 10.2 Å². The highest BCUT2D eigenvalue weighted by Crippen LogP contribution is 2.30. The maximum atomic E-state index is 9.21. The van der Waals surface area contributed by atoms with E-state index in [1.54, 1.807) is 11.3 Å². The van der Waals surface area contributed by atoms with Crippen LogP contribution in [0.2, 0.25) is 0 Å². The molecule has 0 saturated heterocycles. The van der Waals surface area contributed by atoms with Gasteiger partial charge in [-0.2, -0.15) is 0 Å². The molecule has 3 nitrogen and oxygen atoms in total. The minimum absolute atomic E-state index is 0.0336. The SMILES string of the molecule is CC(C)(CNCC(O)CO)c1cc(Br)cs1. The van der Waals surface area contributed by atoms with E-state index in [2.05, 4.69) is 46.5 Å². The first-order valence-electron chi connectivity index (χ1n) is 5.20. The number of hydrogen-bond acceptors (Lipinski definition) is 4. The Morgan fingerprint density at radius 2 is 2.25 bits per heavy atom. The Kier molecular flexibility index (Phi) is 5.40. The van der Waals surface area contributed by atoms with E-state index in [-0.39, 0.29) is 12.0 Å². The fourth-order valence-electron chi connectivity index (χ4n) is 1.37. The van der Waals surface area contributed by atoms with Gasteiger partial charge in [-0.05, 0) is 22.0 Å². The minimum Gasteiger partial charge on any atom is -0.394 e. The quantitative estimate of drug-likeness (QED) is 0.750. The molecule has 0 aromatic carbocycles. The highest BCUT2D eigenvalue weighted by Gasteiger charge is 2.22. The van der Waals surface area contributed by atoms with E-state index in [0.717, 1.165) is 11.0 Å². The lowest BCUT2D eigenvalue weighted by Gasteiger charge is -2.24. The van der Waals surface area contributed by atoms with Crippen LogP contribution >= 0.6 is 27.3 Å². The Morgan fingerprint density at radius 1 is 1.56 bits per heavy atom. The van der Waals surface area contributed by atoms with Crippen molar-refractivity contribution in [3.05, 3.63) is 20.8 Å². The summed E-state index contributed by atoms with van der Waals surface area (Å²) < 4.78 is 1.11. The number of thiophene rings is 1. The van der Waals surface area contributed by atoms with Crippen molar-refractivity contribution in [2.75, 3.05) is 19.7 Å². The molecule has 1 aromatic rings. The van der Waals surface area contributed by atoms with Crippen molar-refractivity contribution in [1.82, 2.24) is 5.32 Å². The van der Waals surface area contributed by atoms with E-state index in [4.69, 9.17) is 5.11 Å². The van der Waals surface area contributed by atoms with E-state index in [1.807, 2.05) is 0 Å². The Labute approximate surface area is 109 Å². The highest BCUT2D eigenvalue weighted by atomic mass is 79.9. The van der Waals surface area contributed by atoms with Gasteiger partial charge in [0.25, 0.3) is 0 Å². The van der Waals surface area contributed by atoms with Gasteiger partial charge in [0.1, 0.15) is 0 Å². The molecule has 0 amide bonds. The molecule has 0 aliphatic heterocycles. The van der Waals surface area contributed by atoms with E-state index < -0.39 is 6.10 Å². The number of rotatable bonds is 6. The van der Waals surface area contributed by atoms with Gasteiger partial charge in [0.2, 0.25) is 0 Å². The number of hydrogen-bond donors (Lipinski definition) is 3. The zero-order chi connectivity index (χ0) is 12.2. The molecule has 0 spiro atoms. The van der Waals surface area contributed by atoms with Gasteiger partial charge in [0.05, 0.1) is 12.7 Å². The molecule has 16 heavy (non-hydrogen) atoms. The fourth-order valence-corrected chi connectivity index (χ4v) is 2.93. The summed E-state index contributed by atoms with van der Waals surface area (Å²) in [6.07, 6.45) is -0.675. The van der Waals surface area contributed by atoms with E-state index >= 15 is 0 Å². The maximum Gasteiger partial charge on any atom is 0.0894 e. The second-order valence-corrected chi connectivity index (χ2v) is 6.31. The largest absolute Gasteiger partial charge is 0.394 e. The van der Waals surface area contributed by atoms with Crippen LogP contribution in [0.3, 0.4) is 0 Å². The Hall–Kier alpha value is 0.0600. The average Bonchev–Trinajstić information content (AvgIpc) is 2.65. The van der Waals surface area contributed by atoms with Crippen LogP contribution in [0.4, 0.5) is 0 Å². The highest BCUT2D eigenvalue weighted by molar-refractivity contribution is 9.10. The molecule has 0 aliphatic carbocycles. The topological polar surface area (TPSA) is 52.5 Å². The summed E-state index contributed by atoms with van der Waals surface area (Å²) in [5, 5.41) is 23.1. The average molecular weight is 308 g/mol. The standard InChI is InChI=1S/C11H18BrNO2S/c1-11(2,7-13-4-9(15)5-14)10-3-8(12)6-16-10/h3,6,9,13-15H,4-5,7H2,1-2H3. The van der Waals surface area contributed by atoms with Gasteiger partial charge >= 0.3 is 0 Å². The molecule has 0 aliphatic rings. The van der Waals surface area contributed by atoms with Gasteiger partial charge in [-0.3, -0.25) is 0 Å². The predicted octanol–water partition coefficient (Wildman–Crippen LogP) is 1.73. The van der Waals surface area contributed by atoms with Gasteiger partial charge in [0.15, 0.2) is 0 Å². The number of nitrogens with one attached hydrogen (secondary N) is 1. The smallest absolute Gasteiger partial charge is 0.0894 e. The summed E-state index contributed by atoms with van der Waals surface area (Å²) >= 11 is 5.17. The number of aliphatic hydroxyl groups is 2. The second-order valence-electron chi connectivity index (χ2n) is 4.48. The third-order valence-corrected chi connectivity index (χ3v) is 4.45.